The highest BCUT2D eigenvalue weighted by Gasteiger charge is 2.30. The maximum atomic E-state index is 3.74. The molecule has 18 heavy (non-hydrogen) atoms. The van der Waals surface area contributed by atoms with Gasteiger partial charge in [0.25, 0.3) is 0 Å². The zero-order chi connectivity index (χ0) is 13.8. The fourth-order valence-corrected chi connectivity index (χ4v) is 2.72. The molecule has 108 valence electrons. The van der Waals surface area contributed by atoms with Crippen LogP contribution in [0.5, 0.6) is 0 Å². The molecule has 2 unspecified atom stereocenters. The van der Waals surface area contributed by atoms with Gasteiger partial charge in [-0.1, -0.05) is 34.6 Å². The summed E-state index contributed by atoms with van der Waals surface area (Å²) < 4.78 is 0. The third-order valence-corrected chi connectivity index (χ3v) is 4.27. The zero-order valence-corrected chi connectivity index (χ0v) is 13.4. The van der Waals surface area contributed by atoms with Gasteiger partial charge < -0.3 is 5.32 Å². The van der Waals surface area contributed by atoms with E-state index < -0.39 is 0 Å². The Bertz CT molecular complexity index is 230. The van der Waals surface area contributed by atoms with Crippen molar-refractivity contribution in [1.82, 2.24) is 10.2 Å². The van der Waals surface area contributed by atoms with Crippen molar-refractivity contribution >= 4 is 0 Å². The first kappa shape index (κ1) is 16.0. The van der Waals surface area contributed by atoms with Crippen LogP contribution in [-0.4, -0.2) is 36.6 Å². The predicted molar refractivity (Wildman–Crippen MR) is 81.0 cm³/mol. The Morgan fingerprint density at radius 1 is 1.28 bits per heavy atom. The normalized spacial score (nSPS) is 27.5. The van der Waals surface area contributed by atoms with Gasteiger partial charge in [0.05, 0.1) is 0 Å². The number of hydrogen-bond acceptors (Lipinski definition) is 2. The standard InChI is InChI=1S/C16H34N2/c1-13(2)8-7-11-18-12-15(16(4,5)6)17-10-9-14(18)3/h13-15,17H,7-12H2,1-6H3. The van der Waals surface area contributed by atoms with Crippen LogP contribution in [0.4, 0.5) is 0 Å². The molecule has 1 fully saturated rings. The number of nitrogens with one attached hydrogen (secondary N) is 1. The average molecular weight is 254 g/mol. The molecule has 0 bridgehead atoms. The monoisotopic (exact) mass is 254 g/mol. The molecule has 0 aromatic rings. The third kappa shape index (κ3) is 5.27. The first-order valence-corrected chi connectivity index (χ1v) is 7.78. The van der Waals surface area contributed by atoms with Gasteiger partial charge in [0.1, 0.15) is 0 Å². The molecule has 1 rings (SSSR count). The molecular formula is C16H34N2. The SMILES string of the molecule is CC(C)CCCN1CC(C(C)(C)C)NCCC1C. The summed E-state index contributed by atoms with van der Waals surface area (Å²) in [5.41, 5.74) is 0.361. The second-order valence-corrected chi connectivity index (χ2v) is 7.54. The molecule has 0 aliphatic carbocycles. The van der Waals surface area contributed by atoms with Crippen LogP contribution in [0.3, 0.4) is 0 Å². The Labute approximate surface area is 115 Å². The second-order valence-electron chi connectivity index (χ2n) is 7.54. The van der Waals surface area contributed by atoms with E-state index in [1.165, 1.54) is 38.9 Å². The summed E-state index contributed by atoms with van der Waals surface area (Å²) in [6.07, 6.45) is 3.99. The van der Waals surface area contributed by atoms with Gasteiger partial charge in [-0.05, 0) is 50.6 Å². The van der Waals surface area contributed by atoms with Crippen LogP contribution in [0.2, 0.25) is 0 Å². The van der Waals surface area contributed by atoms with Crippen LogP contribution in [0.15, 0.2) is 0 Å². The van der Waals surface area contributed by atoms with Crippen LogP contribution < -0.4 is 5.32 Å². The van der Waals surface area contributed by atoms with E-state index in [9.17, 15) is 0 Å². The highest BCUT2D eigenvalue weighted by molar-refractivity contribution is 4.88. The van der Waals surface area contributed by atoms with Crippen molar-refractivity contribution in [3.63, 3.8) is 0 Å². The second kappa shape index (κ2) is 6.91. The van der Waals surface area contributed by atoms with Crippen molar-refractivity contribution < 1.29 is 0 Å². The Balaban J connectivity index is 2.51. The molecule has 2 nitrogen and oxygen atoms in total. The van der Waals surface area contributed by atoms with E-state index in [1.54, 1.807) is 0 Å². The van der Waals surface area contributed by atoms with Gasteiger partial charge in [0.15, 0.2) is 0 Å². The molecule has 1 saturated heterocycles. The molecular weight excluding hydrogens is 220 g/mol. The molecule has 0 aromatic carbocycles. The summed E-state index contributed by atoms with van der Waals surface area (Å²) in [6, 6.07) is 1.36. The Morgan fingerprint density at radius 2 is 1.94 bits per heavy atom. The molecule has 0 spiro atoms. The summed E-state index contributed by atoms with van der Waals surface area (Å²) in [5, 5.41) is 3.74. The molecule has 1 heterocycles. The number of rotatable bonds is 4. The van der Waals surface area contributed by atoms with Gasteiger partial charge in [0, 0.05) is 18.6 Å². The first-order chi connectivity index (χ1) is 8.30. The van der Waals surface area contributed by atoms with Gasteiger partial charge in [-0.25, -0.2) is 0 Å². The van der Waals surface area contributed by atoms with Crippen LogP contribution in [0, 0.1) is 11.3 Å². The quantitative estimate of drug-likeness (QED) is 0.826. The summed E-state index contributed by atoms with van der Waals surface area (Å²) >= 11 is 0. The lowest BCUT2D eigenvalue weighted by Crippen LogP contribution is -2.47. The van der Waals surface area contributed by atoms with E-state index in [4.69, 9.17) is 0 Å². The first-order valence-electron chi connectivity index (χ1n) is 7.78. The smallest absolute Gasteiger partial charge is 0.0243 e. The van der Waals surface area contributed by atoms with Gasteiger partial charge >= 0.3 is 0 Å². The lowest BCUT2D eigenvalue weighted by atomic mass is 9.86. The maximum absolute atomic E-state index is 3.74. The minimum absolute atomic E-state index is 0.361. The van der Waals surface area contributed by atoms with Gasteiger partial charge in [-0.3, -0.25) is 4.90 Å². The van der Waals surface area contributed by atoms with Crippen molar-refractivity contribution in [2.45, 2.75) is 72.9 Å². The van der Waals surface area contributed by atoms with Crippen LogP contribution in [0.1, 0.15) is 60.8 Å². The van der Waals surface area contributed by atoms with Gasteiger partial charge in [-0.2, -0.15) is 0 Å². The topological polar surface area (TPSA) is 15.3 Å². The molecule has 1 aliphatic rings. The van der Waals surface area contributed by atoms with Crippen molar-refractivity contribution in [3.05, 3.63) is 0 Å². The van der Waals surface area contributed by atoms with Gasteiger partial charge in [0.2, 0.25) is 0 Å². The molecule has 2 atom stereocenters. The lowest BCUT2D eigenvalue weighted by Gasteiger charge is -2.35. The van der Waals surface area contributed by atoms with Gasteiger partial charge in [-0.15, -0.1) is 0 Å². The van der Waals surface area contributed by atoms with Crippen LogP contribution in [0.25, 0.3) is 0 Å². The lowest BCUT2D eigenvalue weighted by molar-refractivity contribution is 0.160. The fourth-order valence-electron chi connectivity index (χ4n) is 2.72. The van der Waals surface area contributed by atoms with Crippen LogP contribution in [-0.2, 0) is 0 Å². The maximum Gasteiger partial charge on any atom is 0.0243 e. The molecule has 1 aliphatic heterocycles. The highest BCUT2D eigenvalue weighted by Crippen LogP contribution is 2.23. The van der Waals surface area contributed by atoms with E-state index >= 15 is 0 Å². The Morgan fingerprint density at radius 3 is 2.50 bits per heavy atom. The minimum atomic E-state index is 0.361. The Hall–Kier alpha value is -0.0800. The molecule has 0 aromatic heterocycles. The molecule has 0 amide bonds. The summed E-state index contributed by atoms with van der Waals surface area (Å²) in [4.78, 5) is 2.71. The molecule has 0 saturated carbocycles. The van der Waals surface area contributed by atoms with E-state index in [0.717, 1.165) is 12.0 Å². The minimum Gasteiger partial charge on any atom is -0.312 e. The predicted octanol–water partition coefficient (Wildman–Crippen LogP) is 3.52. The van der Waals surface area contributed by atoms with E-state index in [1.807, 2.05) is 0 Å². The van der Waals surface area contributed by atoms with Crippen molar-refractivity contribution in [3.8, 4) is 0 Å². The molecule has 1 N–H and O–H groups in total. The number of hydrogen-bond donors (Lipinski definition) is 1. The van der Waals surface area contributed by atoms with E-state index in [2.05, 4.69) is 51.8 Å². The molecule has 0 radical (unpaired) electrons. The van der Waals surface area contributed by atoms with Crippen molar-refractivity contribution in [2.24, 2.45) is 11.3 Å². The Kier molecular flexibility index (Phi) is 6.13. The van der Waals surface area contributed by atoms with Crippen molar-refractivity contribution in [1.29, 1.82) is 0 Å². The summed E-state index contributed by atoms with van der Waals surface area (Å²) in [5.74, 6) is 0.837. The summed E-state index contributed by atoms with van der Waals surface area (Å²) in [6.45, 7) is 17.8. The van der Waals surface area contributed by atoms with E-state index in [0.29, 0.717) is 11.5 Å². The summed E-state index contributed by atoms with van der Waals surface area (Å²) in [7, 11) is 0. The fraction of sp³-hybridized carbons (Fsp3) is 1.00. The van der Waals surface area contributed by atoms with Crippen LogP contribution >= 0.6 is 0 Å². The average Bonchev–Trinajstić information content (AvgIpc) is 2.40. The highest BCUT2D eigenvalue weighted by atomic mass is 15.2. The van der Waals surface area contributed by atoms with Crippen molar-refractivity contribution in [2.75, 3.05) is 19.6 Å². The number of nitrogens with zero attached hydrogens (tertiary/aromatic N) is 1. The largest absolute Gasteiger partial charge is 0.312 e. The van der Waals surface area contributed by atoms with E-state index in [-0.39, 0.29) is 0 Å². The third-order valence-electron chi connectivity index (χ3n) is 4.27. The zero-order valence-electron chi connectivity index (χ0n) is 13.4. The molecule has 2 heteroatoms.